The van der Waals surface area contributed by atoms with E-state index in [4.69, 9.17) is 0 Å². The van der Waals surface area contributed by atoms with Crippen molar-refractivity contribution in [3.8, 4) is 11.5 Å². The van der Waals surface area contributed by atoms with Crippen LogP contribution in [0.5, 0.6) is 11.5 Å². The molecule has 1 aromatic carbocycles. The Bertz CT molecular complexity index is 386. The van der Waals surface area contributed by atoms with E-state index in [-0.39, 0.29) is 17.5 Å². The summed E-state index contributed by atoms with van der Waals surface area (Å²) in [5.74, 6) is 0.429. The monoisotopic (exact) mass is 221 g/mol. The van der Waals surface area contributed by atoms with Gasteiger partial charge in [-0.15, -0.1) is 0 Å². The SMILES string of the molecule is CC(NCC1(C)CC1)c1cc(O)ccc1O. The van der Waals surface area contributed by atoms with Crippen molar-refractivity contribution in [3.05, 3.63) is 23.8 Å². The molecule has 0 aliphatic heterocycles. The van der Waals surface area contributed by atoms with Crippen LogP contribution in [0.2, 0.25) is 0 Å². The highest BCUT2D eigenvalue weighted by molar-refractivity contribution is 5.40. The molecule has 1 saturated carbocycles. The first-order valence-corrected chi connectivity index (χ1v) is 5.75. The number of phenols is 2. The van der Waals surface area contributed by atoms with Crippen molar-refractivity contribution >= 4 is 0 Å². The molecule has 0 amide bonds. The molecule has 0 saturated heterocycles. The maximum Gasteiger partial charge on any atom is 0.120 e. The zero-order chi connectivity index (χ0) is 11.8. The fourth-order valence-electron chi connectivity index (χ4n) is 1.79. The van der Waals surface area contributed by atoms with E-state index in [0.717, 1.165) is 12.1 Å². The Morgan fingerprint density at radius 1 is 1.38 bits per heavy atom. The maximum atomic E-state index is 9.70. The van der Waals surface area contributed by atoms with Crippen molar-refractivity contribution in [2.24, 2.45) is 5.41 Å². The third-order valence-electron chi connectivity index (χ3n) is 3.42. The highest BCUT2D eigenvalue weighted by Gasteiger charge is 2.37. The van der Waals surface area contributed by atoms with Gasteiger partial charge in [-0.25, -0.2) is 0 Å². The van der Waals surface area contributed by atoms with Gasteiger partial charge in [-0.05, 0) is 43.4 Å². The van der Waals surface area contributed by atoms with E-state index < -0.39 is 0 Å². The Morgan fingerprint density at radius 2 is 2.06 bits per heavy atom. The summed E-state index contributed by atoms with van der Waals surface area (Å²) in [7, 11) is 0. The summed E-state index contributed by atoms with van der Waals surface area (Å²) < 4.78 is 0. The fraction of sp³-hybridized carbons (Fsp3) is 0.538. The number of rotatable bonds is 4. The average molecular weight is 221 g/mol. The van der Waals surface area contributed by atoms with E-state index in [1.807, 2.05) is 6.92 Å². The summed E-state index contributed by atoms with van der Waals surface area (Å²) in [6.45, 7) is 5.22. The molecule has 0 radical (unpaired) electrons. The van der Waals surface area contributed by atoms with Gasteiger partial charge in [-0.3, -0.25) is 0 Å². The highest BCUT2D eigenvalue weighted by atomic mass is 16.3. The van der Waals surface area contributed by atoms with Gasteiger partial charge in [0.05, 0.1) is 0 Å². The fourth-order valence-corrected chi connectivity index (χ4v) is 1.79. The summed E-state index contributed by atoms with van der Waals surface area (Å²) in [6, 6.07) is 4.70. The summed E-state index contributed by atoms with van der Waals surface area (Å²) in [5.41, 5.74) is 1.20. The van der Waals surface area contributed by atoms with Crippen LogP contribution in [0.25, 0.3) is 0 Å². The normalized spacial score (nSPS) is 19.4. The van der Waals surface area contributed by atoms with Crippen molar-refractivity contribution in [1.29, 1.82) is 0 Å². The molecule has 1 aromatic rings. The van der Waals surface area contributed by atoms with E-state index >= 15 is 0 Å². The summed E-state index contributed by atoms with van der Waals surface area (Å²) >= 11 is 0. The first kappa shape index (κ1) is 11.3. The molecule has 0 bridgehead atoms. The molecule has 88 valence electrons. The van der Waals surface area contributed by atoms with Gasteiger partial charge in [0.25, 0.3) is 0 Å². The lowest BCUT2D eigenvalue weighted by molar-refractivity contribution is 0.422. The lowest BCUT2D eigenvalue weighted by Crippen LogP contribution is -2.25. The molecular formula is C13H19NO2. The van der Waals surface area contributed by atoms with Crippen LogP contribution >= 0.6 is 0 Å². The molecule has 1 fully saturated rings. The molecule has 3 N–H and O–H groups in total. The first-order chi connectivity index (χ1) is 7.50. The second kappa shape index (κ2) is 3.98. The largest absolute Gasteiger partial charge is 0.508 e. The third-order valence-corrected chi connectivity index (χ3v) is 3.42. The molecule has 0 heterocycles. The zero-order valence-corrected chi connectivity index (χ0v) is 9.83. The number of aromatic hydroxyl groups is 2. The van der Waals surface area contributed by atoms with Crippen LogP contribution in [0.15, 0.2) is 18.2 Å². The number of phenolic OH excluding ortho intramolecular Hbond substituents is 2. The Hall–Kier alpha value is -1.22. The molecule has 2 rings (SSSR count). The molecule has 1 aliphatic rings. The van der Waals surface area contributed by atoms with Crippen LogP contribution < -0.4 is 5.32 Å². The minimum atomic E-state index is 0.0597. The summed E-state index contributed by atoms with van der Waals surface area (Å²) in [5, 5.41) is 22.5. The number of hydrogen-bond donors (Lipinski definition) is 3. The van der Waals surface area contributed by atoms with Crippen LogP contribution in [0, 0.1) is 5.41 Å². The van der Waals surface area contributed by atoms with Crippen LogP contribution in [-0.4, -0.2) is 16.8 Å². The minimum absolute atomic E-state index is 0.0597. The second-order valence-electron chi connectivity index (χ2n) is 5.16. The summed E-state index contributed by atoms with van der Waals surface area (Å²) in [4.78, 5) is 0. The Kier molecular flexibility index (Phi) is 2.80. The van der Waals surface area contributed by atoms with Gasteiger partial charge < -0.3 is 15.5 Å². The first-order valence-electron chi connectivity index (χ1n) is 5.75. The molecule has 1 aliphatic carbocycles. The van der Waals surface area contributed by atoms with Gasteiger partial charge in [0.2, 0.25) is 0 Å². The Balaban J connectivity index is 2.01. The van der Waals surface area contributed by atoms with Crippen LogP contribution in [0.3, 0.4) is 0 Å². The van der Waals surface area contributed by atoms with Gasteiger partial charge in [-0.2, -0.15) is 0 Å². The Morgan fingerprint density at radius 3 is 2.69 bits per heavy atom. The summed E-state index contributed by atoms with van der Waals surface area (Å²) in [6.07, 6.45) is 2.55. The van der Waals surface area contributed by atoms with Crippen LogP contribution in [0.1, 0.15) is 38.3 Å². The predicted octanol–water partition coefficient (Wildman–Crippen LogP) is 2.55. The zero-order valence-electron chi connectivity index (χ0n) is 9.83. The number of nitrogens with one attached hydrogen (secondary N) is 1. The smallest absolute Gasteiger partial charge is 0.120 e. The van der Waals surface area contributed by atoms with Gasteiger partial charge >= 0.3 is 0 Å². The minimum Gasteiger partial charge on any atom is -0.508 e. The predicted molar refractivity (Wildman–Crippen MR) is 63.5 cm³/mol. The van der Waals surface area contributed by atoms with Crippen molar-refractivity contribution in [3.63, 3.8) is 0 Å². The maximum absolute atomic E-state index is 9.70. The van der Waals surface area contributed by atoms with E-state index in [9.17, 15) is 10.2 Å². The van der Waals surface area contributed by atoms with E-state index in [1.54, 1.807) is 6.07 Å². The van der Waals surface area contributed by atoms with Crippen LogP contribution in [0.4, 0.5) is 0 Å². The van der Waals surface area contributed by atoms with Gasteiger partial charge in [0, 0.05) is 18.2 Å². The van der Waals surface area contributed by atoms with Gasteiger partial charge in [0.1, 0.15) is 11.5 Å². The molecule has 3 nitrogen and oxygen atoms in total. The average Bonchev–Trinajstić information content (AvgIpc) is 2.97. The second-order valence-corrected chi connectivity index (χ2v) is 5.16. The number of hydrogen-bond acceptors (Lipinski definition) is 3. The lowest BCUT2D eigenvalue weighted by atomic mass is 10.0. The van der Waals surface area contributed by atoms with E-state index in [0.29, 0.717) is 5.41 Å². The standard InChI is InChI=1S/C13H19NO2/c1-9(14-8-13(2)5-6-13)11-7-10(15)3-4-12(11)16/h3-4,7,9,14-16H,5-6,8H2,1-2H3. The van der Waals surface area contributed by atoms with Crippen molar-refractivity contribution in [2.45, 2.75) is 32.7 Å². The lowest BCUT2D eigenvalue weighted by Gasteiger charge is -2.18. The molecule has 3 heteroatoms. The number of benzene rings is 1. The molecule has 1 unspecified atom stereocenters. The molecule has 16 heavy (non-hydrogen) atoms. The highest BCUT2D eigenvalue weighted by Crippen LogP contribution is 2.44. The molecular weight excluding hydrogens is 202 g/mol. The Labute approximate surface area is 96.1 Å². The van der Waals surface area contributed by atoms with Crippen LogP contribution in [-0.2, 0) is 0 Å². The molecule has 1 atom stereocenters. The molecule has 0 spiro atoms. The third kappa shape index (κ3) is 2.47. The quantitative estimate of drug-likeness (QED) is 0.685. The van der Waals surface area contributed by atoms with Gasteiger partial charge in [-0.1, -0.05) is 6.92 Å². The van der Waals surface area contributed by atoms with Gasteiger partial charge in [0.15, 0.2) is 0 Å². The van der Waals surface area contributed by atoms with Crippen molar-refractivity contribution in [2.75, 3.05) is 6.54 Å². The van der Waals surface area contributed by atoms with E-state index in [1.165, 1.54) is 25.0 Å². The topological polar surface area (TPSA) is 52.5 Å². The van der Waals surface area contributed by atoms with E-state index in [2.05, 4.69) is 12.2 Å². The molecule has 0 aromatic heterocycles. The van der Waals surface area contributed by atoms with Crippen molar-refractivity contribution < 1.29 is 10.2 Å². The van der Waals surface area contributed by atoms with Crippen molar-refractivity contribution in [1.82, 2.24) is 5.32 Å².